The van der Waals surface area contributed by atoms with Crippen molar-refractivity contribution in [2.75, 3.05) is 23.9 Å². The number of carboxylic acids is 1. The first-order chi connectivity index (χ1) is 15.5. The normalized spacial score (nSPS) is 21.4. The van der Waals surface area contributed by atoms with Crippen LogP contribution in [0.2, 0.25) is 0 Å². The van der Waals surface area contributed by atoms with Gasteiger partial charge in [0.25, 0.3) is 0 Å². The highest BCUT2D eigenvalue weighted by atomic mass is 32.2. The number of nitrogens with zero attached hydrogens (tertiary/aromatic N) is 2. The van der Waals surface area contributed by atoms with E-state index >= 15 is 0 Å². The van der Waals surface area contributed by atoms with Gasteiger partial charge in [0.15, 0.2) is 0 Å². The fourth-order valence-corrected chi connectivity index (χ4v) is 6.91. The summed E-state index contributed by atoms with van der Waals surface area (Å²) in [6, 6.07) is 11.8. The molecule has 2 aliphatic heterocycles. The predicted octanol–water partition coefficient (Wildman–Crippen LogP) is 3.96. The Morgan fingerprint density at radius 3 is 2.30 bits per heavy atom. The van der Waals surface area contributed by atoms with Crippen molar-refractivity contribution in [1.29, 1.82) is 0 Å². The average Bonchev–Trinajstić information content (AvgIpc) is 3.41. The van der Waals surface area contributed by atoms with E-state index in [-0.39, 0.29) is 0 Å². The first-order valence-corrected chi connectivity index (χ1v) is 12.2. The maximum absolute atomic E-state index is 13.6. The molecule has 7 nitrogen and oxygen atoms in total. The Morgan fingerprint density at radius 2 is 1.76 bits per heavy atom. The number of halogens is 3. The van der Waals surface area contributed by atoms with E-state index in [1.54, 1.807) is 10.6 Å². The van der Waals surface area contributed by atoms with Crippen LogP contribution in [0.1, 0.15) is 37.0 Å². The van der Waals surface area contributed by atoms with Crippen LogP contribution in [0.4, 0.5) is 18.9 Å². The van der Waals surface area contributed by atoms with Gasteiger partial charge in [-0.25, -0.2) is 13.2 Å². The van der Waals surface area contributed by atoms with Crippen LogP contribution >= 0.6 is 0 Å². The molecule has 1 saturated heterocycles. The molecular weight excluding hydrogens is 461 g/mol. The van der Waals surface area contributed by atoms with Crippen LogP contribution in [0.3, 0.4) is 0 Å². The first-order valence-electron chi connectivity index (χ1n) is 10.7. The number of anilines is 1. The summed E-state index contributed by atoms with van der Waals surface area (Å²) in [7, 11) is -3.37. The largest absolute Gasteiger partial charge is 0.490 e. The van der Waals surface area contributed by atoms with Crippen molar-refractivity contribution in [3.63, 3.8) is 0 Å². The lowest BCUT2D eigenvalue weighted by Crippen LogP contribution is -2.48. The number of carbonyl (C=O) groups is 1. The second-order valence-corrected chi connectivity index (χ2v) is 10.8. The molecule has 1 aliphatic carbocycles. The summed E-state index contributed by atoms with van der Waals surface area (Å²) in [5.41, 5.74) is 1.93. The van der Waals surface area contributed by atoms with Gasteiger partial charge in [-0.2, -0.15) is 13.2 Å². The minimum absolute atomic E-state index is 0.534. The Morgan fingerprint density at radius 1 is 1.12 bits per heavy atom. The van der Waals surface area contributed by atoms with Gasteiger partial charge in [0.2, 0.25) is 10.0 Å². The van der Waals surface area contributed by atoms with Crippen molar-refractivity contribution in [2.45, 2.75) is 43.2 Å². The molecule has 0 radical (unpaired) electrons. The predicted molar refractivity (Wildman–Crippen MR) is 114 cm³/mol. The van der Waals surface area contributed by atoms with Gasteiger partial charge < -0.3 is 9.52 Å². The number of fused-ring (bicyclic) bond motifs is 2. The Balaban J connectivity index is 0.000000325. The van der Waals surface area contributed by atoms with Crippen molar-refractivity contribution in [1.82, 2.24) is 4.90 Å². The molecule has 180 valence electrons. The average molecular weight is 487 g/mol. The summed E-state index contributed by atoms with van der Waals surface area (Å²) in [6.45, 7) is 2.94. The molecule has 3 aliphatic rings. The summed E-state index contributed by atoms with van der Waals surface area (Å²) < 4.78 is 65.4. The number of furan rings is 1. The van der Waals surface area contributed by atoms with E-state index in [0.29, 0.717) is 25.3 Å². The SMILES string of the molecule is O=C(O)C(F)(F)F.O=S1(=O)N(CC2CC2)c2ccccc2C12CCN(Cc1ccco1)CC2. The number of alkyl halides is 3. The number of carboxylic acid groups (broad SMARTS) is 1. The lowest BCUT2D eigenvalue weighted by atomic mass is 9.87. The summed E-state index contributed by atoms with van der Waals surface area (Å²) >= 11 is 0. The van der Waals surface area contributed by atoms with E-state index in [4.69, 9.17) is 14.3 Å². The number of benzene rings is 1. The van der Waals surface area contributed by atoms with Crippen LogP contribution in [-0.4, -0.2) is 50.2 Å². The molecule has 2 aromatic rings. The number of hydrogen-bond donors (Lipinski definition) is 1. The van der Waals surface area contributed by atoms with Gasteiger partial charge in [-0.15, -0.1) is 0 Å². The Bertz CT molecular complexity index is 1090. The maximum atomic E-state index is 13.6. The molecule has 2 fully saturated rings. The van der Waals surface area contributed by atoms with Gasteiger partial charge in [-0.1, -0.05) is 18.2 Å². The van der Waals surface area contributed by atoms with Crippen molar-refractivity contribution < 1.29 is 35.9 Å². The zero-order chi connectivity index (χ0) is 23.9. The van der Waals surface area contributed by atoms with E-state index in [9.17, 15) is 21.6 Å². The standard InChI is InChI=1S/C20H24N2O3S.C2HF3O2/c23-26(24)20(9-11-21(12-10-20)15-17-4-3-13-25-17)18-5-1-2-6-19(18)22(26)14-16-7-8-16;3-2(4,5)1(6)7/h1-6,13,16H,7-12,14-15H2;(H,6,7). The highest BCUT2D eigenvalue weighted by Crippen LogP contribution is 2.53. The third kappa shape index (κ3) is 4.61. The van der Waals surface area contributed by atoms with E-state index in [1.165, 1.54) is 0 Å². The fraction of sp³-hybridized carbons (Fsp3) is 0.500. The Kier molecular flexibility index (Phi) is 6.21. The van der Waals surface area contributed by atoms with Crippen LogP contribution < -0.4 is 4.31 Å². The molecule has 11 heteroatoms. The molecule has 1 N–H and O–H groups in total. The molecular formula is C22H25F3N2O5S. The minimum atomic E-state index is -5.08. The minimum Gasteiger partial charge on any atom is -0.475 e. The molecule has 1 aromatic carbocycles. The van der Waals surface area contributed by atoms with E-state index in [1.807, 2.05) is 36.4 Å². The molecule has 0 atom stereocenters. The van der Waals surface area contributed by atoms with Crippen LogP contribution in [-0.2, 0) is 26.1 Å². The van der Waals surface area contributed by atoms with Crippen LogP contribution in [0.15, 0.2) is 47.1 Å². The van der Waals surface area contributed by atoms with E-state index in [2.05, 4.69) is 4.90 Å². The zero-order valence-corrected chi connectivity index (χ0v) is 18.6. The summed E-state index contributed by atoms with van der Waals surface area (Å²) in [5, 5.41) is 7.12. The Hall–Kier alpha value is -2.53. The van der Waals surface area contributed by atoms with Crippen molar-refractivity contribution >= 4 is 21.7 Å². The molecule has 0 unspecified atom stereocenters. The molecule has 1 spiro atoms. The number of para-hydroxylation sites is 1. The summed E-state index contributed by atoms with van der Waals surface area (Å²) in [5.74, 6) is -1.29. The smallest absolute Gasteiger partial charge is 0.475 e. The second kappa shape index (κ2) is 8.68. The van der Waals surface area contributed by atoms with E-state index in [0.717, 1.165) is 49.5 Å². The number of likely N-dealkylation sites (tertiary alicyclic amines) is 1. The summed E-state index contributed by atoms with van der Waals surface area (Å²) in [6.07, 6.45) is 0.201. The second-order valence-electron chi connectivity index (χ2n) is 8.65. The van der Waals surface area contributed by atoms with Gasteiger partial charge in [-0.05, 0) is 55.4 Å². The van der Waals surface area contributed by atoms with Crippen molar-refractivity contribution in [2.24, 2.45) is 5.92 Å². The Labute approximate surface area is 189 Å². The quantitative estimate of drug-likeness (QED) is 0.704. The number of rotatable bonds is 4. The van der Waals surface area contributed by atoms with E-state index < -0.39 is 26.9 Å². The van der Waals surface area contributed by atoms with Crippen LogP contribution in [0.5, 0.6) is 0 Å². The zero-order valence-electron chi connectivity index (χ0n) is 17.8. The van der Waals surface area contributed by atoms with Crippen molar-refractivity contribution in [3.8, 4) is 0 Å². The molecule has 1 aromatic heterocycles. The number of hydrogen-bond acceptors (Lipinski definition) is 5. The lowest BCUT2D eigenvalue weighted by Gasteiger charge is -2.38. The molecule has 33 heavy (non-hydrogen) atoms. The van der Waals surface area contributed by atoms with Crippen LogP contribution in [0.25, 0.3) is 0 Å². The lowest BCUT2D eigenvalue weighted by molar-refractivity contribution is -0.192. The first kappa shape index (κ1) is 23.6. The van der Waals surface area contributed by atoms with Crippen molar-refractivity contribution in [3.05, 3.63) is 54.0 Å². The van der Waals surface area contributed by atoms with Gasteiger partial charge in [0.1, 0.15) is 10.5 Å². The summed E-state index contributed by atoms with van der Waals surface area (Å²) in [4.78, 5) is 11.2. The van der Waals surface area contributed by atoms with Gasteiger partial charge in [0, 0.05) is 19.6 Å². The monoisotopic (exact) mass is 486 g/mol. The third-order valence-electron chi connectivity index (χ3n) is 6.43. The van der Waals surface area contributed by atoms with Gasteiger partial charge in [0.05, 0.1) is 18.5 Å². The topological polar surface area (TPSA) is 91.1 Å². The maximum Gasteiger partial charge on any atom is 0.490 e. The highest BCUT2D eigenvalue weighted by Gasteiger charge is 2.57. The highest BCUT2D eigenvalue weighted by molar-refractivity contribution is 7.94. The molecule has 5 rings (SSSR count). The number of aliphatic carboxylic acids is 1. The third-order valence-corrected chi connectivity index (χ3v) is 8.98. The van der Waals surface area contributed by atoms with Gasteiger partial charge in [-0.3, -0.25) is 9.21 Å². The fourth-order valence-electron chi connectivity index (χ4n) is 4.51. The number of sulfonamides is 1. The van der Waals surface area contributed by atoms with Crippen LogP contribution in [0, 0.1) is 5.92 Å². The molecule has 0 bridgehead atoms. The number of piperidine rings is 1. The molecule has 1 saturated carbocycles. The van der Waals surface area contributed by atoms with Gasteiger partial charge >= 0.3 is 12.1 Å². The molecule has 3 heterocycles. The molecule has 0 amide bonds.